The van der Waals surface area contributed by atoms with Gasteiger partial charge in [0.1, 0.15) is 11.4 Å². The third kappa shape index (κ3) is 9.73. The van der Waals surface area contributed by atoms with Crippen molar-refractivity contribution in [1.29, 1.82) is 0 Å². The second-order valence-corrected chi connectivity index (χ2v) is 8.10. The molecule has 1 heterocycles. The van der Waals surface area contributed by atoms with Crippen molar-refractivity contribution in [3.05, 3.63) is 17.8 Å². The molecule has 172 valence electrons. The third-order valence-electron chi connectivity index (χ3n) is 3.49. The number of carboxylic acids is 2. The Balaban J connectivity index is 0.00000103. The molecule has 0 bridgehead atoms. The van der Waals surface area contributed by atoms with Gasteiger partial charge in [-0.25, -0.2) is 23.0 Å². The Morgan fingerprint density at radius 2 is 1.70 bits per heavy atom. The number of hydrogen-bond acceptors (Lipinski definition) is 7. The number of carbonyl (C=O) groups is 2. The Morgan fingerprint density at radius 1 is 1.17 bits per heavy atom. The molecule has 0 aliphatic rings. The van der Waals surface area contributed by atoms with Gasteiger partial charge in [0.25, 0.3) is 0 Å². The summed E-state index contributed by atoms with van der Waals surface area (Å²) in [5.74, 6) is -3.66. The molecular weight excluding hydrogens is 433 g/mol. The number of rotatable bonds is 9. The number of pyridine rings is 1. The summed E-state index contributed by atoms with van der Waals surface area (Å²) in [6.45, 7) is 5.38. The van der Waals surface area contributed by atoms with Gasteiger partial charge in [0.2, 0.25) is 10.0 Å². The molecule has 0 spiro atoms. The van der Waals surface area contributed by atoms with E-state index >= 15 is 0 Å². The molecule has 0 radical (unpaired) electrons. The van der Waals surface area contributed by atoms with Crippen LogP contribution in [0.1, 0.15) is 24.2 Å². The fraction of sp³-hybridized carbons (Fsp3) is 0.562. The second-order valence-electron chi connectivity index (χ2n) is 6.09. The molecule has 30 heavy (non-hydrogen) atoms. The maximum Gasteiger partial charge on any atom is 0.490 e. The minimum atomic E-state index is -5.08. The molecule has 10 nitrogen and oxygen atoms in total. The minimum absolute atomic E-state index is 0.0260. The minimum Gasteiger partial charge on any atom is -0.478 e. The van der Waals surface area contributed by atoms with Crippen molar-refractivity contribution < 1.29 is 41.4 Å². The van der Waals surface area contributed by atoms with E-state index in [1.165, 1.54) is 19.2 Å². The van der Waals surface area contributed by atoms with Gasteiger partial charge in [0.05, 0.1) is 17.6 Å². The second kappa shape index (κ2) is 11.5. The Kier molecular flexibility index (Phi) is 10.5. The lowest BCUT2D eigenvalue weighted by Crippen LogP contribution is -2.33. The monoisotopic (exact) mass is 458 g/mol. The van der Waals surface area contributed by atoms with Gasteiger partial charge < -0.3 is 20.0 Å². The Morgan fingerprint density at radius 3 is 2.07 bits per heavy atom. The number of alkyl halides is 3. The highest BCUT2D eigenvalue weighted by atomic mass is 32.2. The molecule has 0 aliphatic heterocycles. The summed E-state index contributed by atoms with van der Waals surface area (Å²) in [4.78, 5) is 28.4. The number of hydrogen-bond donors (Lipinski definition) is 3. The number of halogens is 3. The first-order valence-electron chi connectivity index (χ1n) is 8.58. The molecule has 1 rings (SSSR count). The zero-order valence-corrected chi connectivity index (χ0v) is 17.7. The average molecular weight is 458 g/mol. The van der Waals surface area contributed by atoms with Gasteiger partial charge in [-0.2, -0.15) is 13.2 Å². The van der Waals surface area contributed by atoms with E-state index in [0.717, 1.165) is 6.54 Å². The Hall–Kier alpha value is -2.61. The van der Waals surface area contributed by atoms with E-state index in [1.54, 1.807) is 0 Å². The predicted octanol–water partition coefficient (Wildman–Crippen LogP) is 1.56. The van der Waals surface area contributed by atoms with Crippen LogP contribution in [0.5, 0.6) is 0 Å². The maximum absolute atomic E-state index is 11.6. The summed E-state index contributed by atoms with van der Waals surface area (Å²) in [5, 5.41) is 16.5. The van der Waals surface area contributed by atoms with Gasteiger partial charge in [0, 0.05) is 19.6 Å². The van der Waals surface area contributed by atoms with E-state index in [2.05, 4.69) is 9.71 Å². The first kappa shape index (κ1) is 27.4. The molecule has 0 saturated carbocycles. The van der Waals surface area contributed by atoms with Gasteiger partial charge in [-0.3, -0.25) is 4.72 Å². The fourth-order valence-corrected chi connectivity index (χ4v) is 2.52. The number of carboxylic acid groups (broad SMARTS) is 2. The van der Waals surface area contributed by atoms with Crippen molar-refractivity contribution in [3.8, 4) is 0 Å². The average Bonchev–Trinajstić information content (AvgIpc) is 2.62. The molecule has 14 heteroatoms. The molecule has 0 saturated heterocycles. The number of nitrogens with zero attached hydrogens (tertiary/aromatic N) is 3. The van der Waals surface area contributed by atoms with Crippen LogP contribution in [0.25, 0.3) is 0 Å². The summed E-state index contributed by atoms with van der Waals surface area (Å²) < 4.78 is 57.3. The largest absolute Gasteiger partial charge is 0.490 e. The van der Waals surface area contributed by atoms with Crippen LogP contribution < -0.4 is 9.62 Å². The van der Waals surface area contributed by atoms with Crippen molar-refractivity contribution in [2.24, 2.45) is 0 Å². The van der Waals surface area contributed by atoms with Crippen molar-refractivity contribution >= 4 is 33.5 Å². The lowest BCUT2D eigenvalue weighted by atomic mass is 10.2. The van der Waals surface area contributed by atoms with Gasteiger partial charge in [-0.05, 0) is 34.0 Å². The quantitative estimate of drug-likeness (QED) is 0.503. The number of likely N-dealkylation sites (N-methyl/N-ethyl adjacent to an activating group) is 2. The lowest BCUT2D eigenvalue weighted by molar-refractivity contribution is -0.192. The number of aromatic carboxylic acids is 1. The van der Waals surface area contributed by atoms with Crippen LogP contribution in [0.15, 0.2) is 12.3 Å². The van der Waals surface area contributed by atoms with Gasteiger partial charge >= 0.3 is 18.1 Å². The number of aliphatic carboxylic acids is 1. The Labute approximate surface area is 172 Å². The van der Waals surface area contributed by atoms with E-state index in [0.29, 0.717) is 18.9 Å². The van der Waals surface area contributed by atoms with E-state index in [1.807, 2.05) is 30.8 Å². The number of aromatic nitrogens is 1. The summed E-state index contributed by atoms with van der Waals surface area (Å²) in [5.41, 5.74) is 0.124. The highest BCUT2D eigenvalue weighted by Gasteiger charge is 2.38. The van der Waals surface area contributed by atoms with E-state index < -0.39 is 28.1 Å². The summed E-state index contributed by atoms with van der Waals surface area (Å²) in [6, 6.07) is 1.30. The van der Waals surface area contributed by atoms with Crippen LogP contribution in [0.3, 0.4) is 0 Å². The van der Waals surface area contributed by atoms with Gasteiger partial charge in [-0.1, -0.05) is 0 Å². The first-order valence-corrected chi connectivity index (χ1v) is 10.2. The van der Waals surface area contributed by atoms with Crippen molar-refractivity contribution in [2.75, 3.05) is 49.1 Å². The molecule has 0 unspecified atom stereocenters. The third-order valence-corrected chi connectivity index (χ3v) is 4.80. The van der Waals surface area contributed by atoms with Gasteiger partial charge in [0.15, 0.2) is 0 Å². The predicted molar refractivity (Wildman–Crippen MR) is 104 cm³/mol. The molecular formula is C16H25F3N4O6S. The smallest absolute Gasteiger partial charge is 0.478 e. The Bertz CT molecular complexity index is 831. The van der Waals surface area contributed by atoms with Crippen LogP contribution in [-0.2, 0) is 14.8 Å². The molecule has 0 aromatic carbocycles. The zero-order chi connectivity index (χ0) is 23.7. The van der Waals surface area contributed by atoms with Crippen LogP contribution >= 0.6 is 0 Å². The summed E-state index contributed by atoms with van der Waals surface area (Å²) >= 11 is 0. The molecule has 0 amide bonds. The highest BCUT2D eigenvalue weighted by Crippen LogP contribution is 2.22. The molecule has 3 N–H and O–H groups in total. The van der Waals surface area contributed by atoms with Gasteiger partial charge in [-0.15, -0.1) is 0 Å². The molecule has 0 atom stereocenters. The molecule has 0 aliphatic carbocycles. The molecule has 1 aromatic heterocycles. The summed E-state index contributed by atoms with van der Waals surface area (Å²) in [7, 11) is 0.387. The van der Waals surface area contributed by atoms with E-state index in [4.69, 9.17) is 9.90 Å². The standard InChI is InChI=1S/C14H24N4O4S.C2HF3O2/c1-5-18(8-7-17(3)4)13-12(14(19)20)9-11(10-15-13)16-23(21,22)6-2;3-2(4,5)1(6)7/h9-10,16H,5-8H2,1-4H3,(H,19,20);(H,6,7). The van der Waals surface area contributed by atoms with E-state index in [-0.39, 0.29) is 17.0 Å². The topological polar surface area (TPSA) is 140 Å². The van der Waals surface area contributed by atoms with E-state index in [9.17, 15) is 31.5 Å². The van der Waals surface area contributed by atoms with Crippen LogP contribution in [-0.4, -0.2) is 86.1 Å². The van der Waals surface area contributed by atoms with Crippen LogP contribution in [0, 0.1) is 0 Å². The first-order chi connectivity index (χ1) is 13.6. The number of sulfonamides is 1. The molecule has 1 aromatic rings. The van der Waals surface area contributed by atoms with Crippen LogP contribution in [0.4, 0.5) is 24.7 Å². The maximum atomic E-state index is 11.6. The van der Waals surface area contributed by atoms with Crippen molar-refractivity contribution in [2.45, 2.75) is 20.0 Å². The zero-order valence-electron chi connectivity index (χ0n) is 16.9. The molecule has 0 fully saturated rings. The SMILES string of the molecule is CCN(CCN(C)C)c1ncc(NS(=O)(=O)CC)cc1C(=O)O.O=C(O)C(F)(F)F. The normalized spacial score (nSPS) is 11.5. The summed E-state index contributed by atoms with van der Waals surface area (Å²) in [6.07, 6.45) is -3.74. The highest BCUT2D eigenvalue weighted by molar-refractivity contribution is 7.92. The number of anilines is 2. The van der Waals surface area contributed by atoms with Crippen LogP contribution in [0.2, 0.25) is 0 Å². The fourth-order valence-electron chi connectivity index (χ4n) is 1.91. The van der Waals surface area contributed by atoms with Crippen molar-refractivity contribution in [3.63, 3.8) is 0 Å². The number of nitrogens with one attached hydrogen (secondary N) is 1. The lowest BCUT2D eigenvalue weighted by Gasteiger charge is -2.25. The van der Waals surface area contributed by atoms with Crippen molar-refractivity contribution in [1.82, 2.24) is 9.88 Å².